The summed E-state index contributed by atoms with van der Waals surface area (Å²) in [5, 5.41) is 0.611. The van der Waals surface area contributed by atoms with Crippen molar-refractivity contribution in [3.63, 3.8) is 0 Å². The number of fused-ring (bicyclic) bond motifs is 1. The van der Waals surface area contributed by atoms with Gasteiger partial charge in [0.2, 0.25) is 0 Å². The molecule has 0 unspecified atom stereocenters. The van der Waals surface area contributed by atoms with Gasteiger partial charge in [-0.2, -0.15) is 0 Å². The van der Waals surface area contributed by atoms with Crippen molar-refractivity contribution in [2.45, 2.75) is 63.8 Å². The number of carbonyl (C=O) groups excluding carboxylic acids is 1. The van der Waals surface area contributed by atoms with Crippen molar-refractivity contribution in [2.24, 2.45) is 10.9 Å². The lowest BCUT2D eigenvalue weighted by atomic mass is 9.69. The summed E-state index contributed by atoms with van der Waals surface area (Å²) in [6, 6.07) is 4.45. The topological polar surface area (TPSA) is 64.7 Å². The minimum atomic E-state index is -0.907. The van der Waals surface area contributed by atoms with Gasteiger partial charge in [-0.25, -0.2) is 8.78 Å². The molecule has 0 bridgehead atoms. The quantitative estimate of drug-likeness (QED) is 0.598. The van der Waals surface area contributed by atoms with Gasteiger partial charge in [0.15, 0.2) is 0 Å². The maximum Gasteiger partial charge on any atom is 0.312 e. The van der Waals surface area contributed by atoms with Gasteiger partial charge in [-0.15, -0.1) is 11.8 Å². The molecule has 3 rings (SSSR count). The van der Waals surface area contributed by atoms with E-state index < -0.39 is 23.1 Å². The molecule has 1 aliphatic carbocycles. The van der Waals surface area contributed by atoms with Crippen LogP contribution in [0.2, 0.25) is 0 Å². The van der Waals surface area contributed by atoms with Crippen LogP contribution in [0.1, 0.15) is 52.0 Å². The molecule has 7 heteroatoms. The fourth-order valence-electron chi connectivity index (χ4n) is 3.89. The first kappa shape index (κ1) is 20.1. The van der Waals surface area contributed by atoms with Crippen LogP contribution in [0.5, 0.6) is 0 Å². The highest BCUT2D eigenvalue weighted by molar-refractivity contribution is 8.14. The molecule has 0 radical (unpaired) electrons. The number of alkyl halides is 1. The van der Waals surface area contributed by atoms with Crippen LogP contribution in [0.4, 0.5) is 14.5 Å². The number of nitrogens with two attached hydrogens (primary N) is 1. The first-order valence-corrected chi connectivity index (χ1v) is 10.2. The number of nitrogen functional groups attached to an aromatic ring is 1. The molecule has 1 saturated carbocycles. The van der Waals surface area contributed by atoms with Gasteiger partial charge >= 0.3 is 5.97 Å². The van der Waals surface area contributed by atoms with Gasteiger partial charge in [-0.1, -0.05) is 0 Å². The third kappa shape index (κ3) is 4.45. The minimum absolute atomic E-state index is 0.0411. The van der Waals surface area contributed by atoms with Crippen LogP contribution in [0.3, 0.4) is 0 Å². The number of thioether (sulfide) groups is 1. The molecule has 0 amide bonds. The second-order valence-corrected chi connectivity index (χ2v) is 9.41. The zero-order chi connectivity index (χ0) is 19.8. The smallest absolute Gasteiger partial charge is 0.312 e. The summed E-state index contributed by atoms with van der Waals surface area (Å²) in [7, 11) is 0. The third-order valence-electron chi connectivity index (χ3n) is 5.00. The summed E-state index contributed by atoms with van der Waals surface area (Å²) in [6.07, 6.45) is 0.190. The largest absolute Gasteiger partial charge is 0.460 e. The van der Waals surface area contributed by atoms with Crippen molar-refractivity contribution in [3.8, 4) is 0 Å². The summed E-state index contributed by atoms with van der Waals surface area (Å²) in [4.78, 5) is 17.1. The van der Waals surface area contributed by atoms with Crippen LogP contribution in [-0.2, 0) is 15.1 Å². The molecule has 27 heavy (non-hydrogen) atoms. The van der Waals surface area contributed by atoms with Crippen LogP contribution in [0, 0.1) is 11.7 Å². The lowest BCUT2D eigenvalue weighted by molar-refractivity contribution is -0.153. The summed E-state index contributed by atoms with van der Waals surface area (Å²) >= 11 is 1.44. The van der Waals surface area contributed by atoms with E-state index in [2.05, 4.69) is 0 Å². The molecular formula is C20H26F2N2O2S. The molecule has 1 aliphatic heterocycles. The van der Waals surface area contributed by atoms with Crippen molar-refractivity contribution in [3.05, 3.63) is 29.6 Å². The average Bonchev–Trinajstić information content (AvgIpc) is 2.55. The van der Waals surface area contributed by atoms with Gasteiger partial charge in [0.1, 0.15) is 17.6 Å². The lowest BCUT2D eigenvalue weighted by Crippen LogP contribution is -2.45. The summed E-state index contributed by atoms with van der Waals surface area (Å²) in [5.74, 6) is -0.297. The summed E-state index contributed by atoms with van der Waals surface area (Å²) < 4.78 is 34.2. The number of benzene rings is 1. The van der Waals surface area contributed by atoms with Crippen LogP contribution in [-0.4, -0.2) is 28.5 Å². The minimum Gasteiger partial charge on any atom is -0.460 e. The SMILES string of the molecule is CC(C)(C)OC(=O)CC1=N[C@@]2(c3cc(N)ccc3F)CC[C@@H](F)C[C@H]2CS1. The fourth-order valence-corrected chi connectivity index (χ4v) is 5.14. The van der Waals surface area contributed by atoms with Gasteiger partial charge in [-0.3, -0.25) is 9.79 Å². The van der Waals surface area contributed by atoms with Gasteiger partial charge in [-0.05, 0) is 58.2 Å². The zero-order valence-corrected chi connectivity index (χ0v) is 16.7. The number of ether oxygens (including phenoxy) is 1. The van der Waals surface area contributed by atoms with E-state index in [-0.39, 0.29) is 18.3 Å². The van der Waals surface area contributed by atoms with Crippen molar-refractivity contribution >= 4 is 28.5 Å². The number of carbonyl (C=O) groups is 1. The van der Waals surface area contributed by atoms with E-state index in [1.165, 1.54) is 23.9 Å². The Kier molecular flexibility index (Phi) is 5.52. The van der Waals surface area contributed by atoms with E-state index in [0.29, 0.717) is 41.3 Å². The van der Waals surface area contributed by atoms with E-state index in [1.807, 2.05) is 20.8 Å². The van der Waals surface area contributed by atoms with Crippen molar-refractivity contribution in [1.82, 2.24) is 0 Å². The van der Waals surface area contributed by atoms with Crippen LogP contribution < -0.4 is 5.73 Å². The normalized spacial score (nSPS) is 28.3. The Balaban J connectivity index is 1.97. The molecule has 3 atom stereocenters. The predicted molar refractivity (Wildman–Crippen MR) is 105 cm³/mol. The number of esters is 1. The Morgan fingerprint density at radius 3 is 2.89 bits per heavy atom. The maximum atomic E-state index is 14.7. The molecule has 4 nitrogen and oxygen atoms in total. The molecule has 0 saturated heterocycles. The van der Waals surface area contributed by atoms with Crippen molar-refractivity contribution < 1.29 is 18.3 Å². The molecule has 2 N–H and O–H groups in total. The zero-order valence-electron chi connectivity index (χ0n) is 15.9. The first-order chi connectivity index (χ1) is 12.6. The molecule has 0 aromatic heterocycles. The second kappa shape index (κ2) is 7.41. The number of rotatable bonds is 3. The first-order valence-electron chi connectivity index (χ1n) is 9.22. The van der Waals surface area contributed by atoms with E-state index >= 15 is 0 Å². The van der Waals surface area contributed by atoms with Crippen LogP contribution in [0.25, 0.3) is 0 Å². The highest BCUT2D eigenvalue weighted by Crippen LogP contribution is 2.51. The molecule has 1 aromatic rings. The Bertz CT molecular complexity index is 763. The average molecular weight is 397 g/mol. The van der Waals surface area contributed by atoms with Crippen molar-refractivity contribution in [1.29, 1.82) is 0 Å². The standard InChI is InChI=1S/C20H26F2N2O2S/c1-19(2,3)26-18(25)10-17-24-20(15-9-14(23)4-5-16(15)22)7-6-13(21)8-12(20)11-27-17/h4-5,9,12-13H,6-8,10-11,23H2,1-3H3/t12-,13+,20-/m0/s1. The van der Waals surface area contributed by atoms with Crippen LogP contribution in [0.15, 0.2) is 23.2 Å². The summed E-state index contributed by atoms with van der Waals surface area (Å²) in [5.41, 5.74) is 5.30. The molecule has 1 aromatic carbocycles. The molecule has 2 aliphatic rings. The second-order valence-electron chi connectivity index (χ2n) is 8.31. The molecular weight excluding hydrogens is 370 g/mol. The van der Waals surface area contributed by atoms with Gasteiger partial charge < -0.3 is 10.5 Å². The van der Waals surface area contributed by atoms with Crippen LogP contribution >= 0.6 is 11.8 Å². The van der Waals surface area contributed by atoms with Gasteiger partial charge in [0, 0.05) is 22.9 Å². The highest BCUT2D eigenvalue weighted by atomic mass is 32.2. The number of hydrogen-bond acceptors (Lipinski definition) is 5. The highest BCUT2D eigenvalue weighted by Gasteiger charge is 2.49. The van der Waals surface area contributed by atoms with E-state index in [0.717, 1.165) is 0 Å². The molecule has 1 heterocycles. The number of aliphatic imine (C=N–C) groups is 1. The monoisotopic (exact) mass is 396 g/mol. The Labute approximate surface area is 162 Å². The fraction of sp³-hybridized carbons (Fsp3) is 0.600. The molecule has 0 spiro atoms. The lowest BCUT2D eigenvalue weighted by Gasteiger charge is -2.45. The van der Waals surface area contributed by atoms with E-state index in [4.69, 9.17) is 15.5 Å². The number of nitrogens with zero attached hydrogens (tertiary/aromatic N) is 1. The van der Waals surface area contributed by atoms with Crippen molar-refractivity contribution in [2.75, 3.05) is 11.5 Å². The van der Waals surface area contributed by atoms with Gasteiger partial charge in [0.05, 0.1) is 17.0 Å². The Morgan fingerprint density at radius 2 is 2.19 bits per heavy atom. The van der Waals surface area contributed by atoms with E-state index in [1.54, 1.807) is 6.07 Å². The third-order valence-corrected chi connectivity index (χ3v) is 6.14. The number of anilines is 1. The predicted octanol–water partition coefficient (Wildman–Crippen LogP) is 4.62. The number of halogens is 2. The van der Waals surface area contributed by atoms with E-state index in [9.17, 15) is 13.6 Å². The van der Waals surface area contributed by atoms with Gasteiger partial charge in [0.25, 0.3) is 0 Å². The Morgan fingerprint density at radius 1 is 1.44 bits per heavy atom. The molecule has 1 fully saturated rings. The number of hydrogen-bond donors (Lipinski definition) is 1. The summed E-state index contributed by atoms with van der Waals surface area (Å²) in [6.45, 7) is 5.43. The molecule has 148 valence electrons. The Hall–Kier alpha value is -1.63. The maximum absolute atomic E-state index is 14.7.